The molecule has 14 heteroatoms. The number of carbonyl (C=O) groups is 1. The van der Waals surface area contributed by atoms with Crippen LogP contribution in [0.4, 0.5) is 43.8 Å². The van der Waals surface area contributed by atoms with Gasteiger partial charge in [0.05, 0.1) is 23.2 Å². The Kier molecular flexibility index (Phi) is 6.07. The predicted molar refractivity (Wildman–Crippen MR) is 114 cm³/mol. The number of nitrogen functional groups attached to an aromatic ring is 1. The van der Waals surface area contributed by atoms with Crippen LogP contribution in [-0.2, 0) is 15.7 Å². The van der Waals surface area contributed by atoms with E-state index in [1.165, 1.54) is 29.2 Å². The molecule has 3 heterocycles. The first-order valence-electron chi connectivity index (χ1n) is 10.2. The number of alkyl halides is 6. The molecule has 3 N–H and O–H groups in total. The molecule has 0 radical (unpaired) electrons. The zero-order chi connectivity index (χ0) is 25.5. The Morgan fingerprint density at radius 3 is 2.51 bits per heavy atom. The number of anilines is 3. The van der Waals surface area contributed by atoms with Crippen molar-refractivity contribution in [3.8, 4) is 11.3 Å². The Morgan fingerprint density at radius 2 is 1.86 bits per heavy atom. The SMILES string of the molecule is CNc1nc(N)nc2nc(-c3c(N4CCC(OC(=O)C(F)(F)F)C4)cccc3C(F)(F)F)ccc12. The lowest BCUT2D eigenvalue weighted by molar-refractivity contribution is -0.203. The van der Waals surface area contributed by atoms with Gasteiger partial charge < -0.3 is 20.7 Å². The number of esters is 1. The maximum absolute atomic E-state index is 14.0. The number of nitrogens with two attached hydrogens (primary N) is 1. The Bertz CT molecular complexity index is 1280. The number of ether oxygens (including phenoxy) is 1. The van der Waals surface area contributed by atoms with E-state index in [4.69, 9.17) is 5.73 Å². The van der Waals surface area contributed by atoms with Crippen LogP contribution in [0.15, 0.2) is 30.3 Å². The van der Waals surface area contributed by atoms with Crippen molar-refractivity contribution < 1.29 is 35.9 Å². The van der Waals surface area contributed by atoms with Crippen molar-refractivity contribution >= 4 is 34.5 Å². The number of halogens is 6. The van der Waals surface area contributed by atoms with Crippen LogP contribution in [-0.4, -0.2) is 53.3 Å². The second-order valence-corrected chi connectivity index (χ2v) is 7.71. The zero-order valence-corrected chi connectivity index (χ0v) is 18.0. The first kappa shape index (κ1) is 24.3. The maximum Gasteiger partial charge on any atom is 0.490 e. The molecule has 0 aliphatic carbocycles. The van der Waals surface area contributed by atoms with Crippen LogP contribution in [0.5, 0.6) is 0 Å². The van der Waals surface area contributed by atoms with Crippen LogP contribution in [0.3, 0.4) is 0 Å². The average molecular weight is 500 g/mol. The third-order valence-electron chi connectivity index (χ3n) is 5.41. The molecule has 3 aromatic rings. The van der Waals surface area contributed by atoms with E-state index in [0.717, 1.165) is 6.07 Å². The van der Waals surface area contributed by atoms with Gasteiger partial charge in [-0.2, -0.15) is 36.3 Å². The van der Waals surface area contributed by atoms with Crippen LogP contribution >= 0.6 is 0 Å². The van der Waals surface area contributed by atoms with E-state index in [1.807, 2.05) is 0 Å². The molecule has 35 heavy (non-hydrogen) atoms. The molecule has 1 aromatic carbocycles. The molecular weight excluding hydrogens is 482 g/mol. The second kappa shape index (κ2) is 8.74. The lowest BCUT2D eigenvalue weighted by Crippen LogP contribution is -2.32. The van der Waals surface area contributed by atoms with Crippen LogP contribution in [0, 0.1) is 0 Å². The number of benzene rings is 1. The summed E-state index contributed by atoms with van der Waals surface area (Å²) in [5.41, 5.74) is 4.47. The summed E-state index contributed by atoms with van der Waals surface area (Å²) in [6.07, 6.45) is -11.1. The molecule has 1 aliphatic heterocycles. The Labute approximate surface area is 194 Å². The molecule has 0 amide bonds. The van der Waals surface area contributed by atoms with Crippen molar-refractivity contribution in [2.45, 2.75) is 24.9 Å². The molecule has 8 nitrogen and oxygen atoms in total. The van der Waals surface area contributed by atoms with Crippen molar-refractivity contribution in [2.75, 3.05) is 36.1 Å². The van der Waals surface area contributed by atoms with Gasteiger partial charge in [-0.25, -0.2) is 9.78 Å². The summed E-state index contributed by atoms with van der Waals surface area (Å²) in [6, 6.07) is 6.34. The molecule has 1 atom stereocenters. The van der Waals surface area contributed by atoms with E-state index in [0.29, 0.717) is 11.2 Å². The highest BCUT2D eigenvalue weighted by Crippen LogP contribution is 2.43. The zero-order valence-electron chi connectivity index (χ0n) is 18.0. The van der Waals surface area contributed by atoms with E-state index in [1.54, 1.807) is 7.05 Å². The van der Waals surface area contributed by atoms with Gasteiger partial charge in [0, 0.05) is 31.3 Å². The topological polar surface area (TPSA) is 106 Å². The summed E-state index contributed by atoms with van der Waals surface area (Å²) in [5.74, 6) is -2.14. The van der Waals surface area contributed by atoms with Crippen molar-refractivity contribution in [2.24, 2.45) is 0 Å². The molecular formula is C21H18F6N6O2. The van der Waals surface area contributed by atoms with Crippen molar-refractivity contribution in [1.29, 1.82) is 0 Å². The fourth-order valence-electron chi connectivity index (χ4n) is 3.93. The molecule has 2 aromatic heterocycles. The van der Waals surface area contributed by atoms with Crippen LogP contribution < -0.4 is 16.0 Å². The number of pyridine rings is 1. The first-order chi connectivity index (χ1) is 16.4. The quantitative estimate of drug-likeness (QED) is 0.409. The van der Waals surface area contributed by atoms with Gasteiger partial charge in [-0.3, -0.25) is 0 Å². The number of rotatable bonds is 4. The van der Waals surface area contributed by atoms with E-state index in [-0.39, 0.29) is 48.1 Å². The maximum atomic E-state index is 14.0. The fourth-order valence-corrected chi connectivity index (χ4v) is 3.93. The van der Waals surface area contributed by atoms with E-state index < -0.39 is 30.0 Å². The lowest BCUT2D eigenvalue weighted by Gasteiger charge is -2.24. The Balaban J connectivity index is 1.79. The minimum atomic E-state index is -5.17. The van der Waals surface area contributed by atoms with Crippen LogP contribution in [0.2, 0.25) is 0 Å². The monoisotopic (exact) mass is 500 g/mol. The summed E-state index contributed by atoms with van der Waals surface area (Å²) in [4.78, 5) is 24.9. The van der Waals surface area contributed by atoms with Gasteiger partial charge in [-0.05, 0) is 24.3 Å². The smallest absolute Gasteiger partial charge is 0.454 e. The molecule has 1 unspecified atom stereocenters. The number of nitrogens with zero attached hydrogens (tertiary/aromatic N) is 4. The average Bonchev–Trinajstić information content (AvgIpc) is 3.24. The normalized spacial score (nSPS) is 16.5. The minimum Gasteiger partial charge on any atom is -0.454 e. The molecule has 1 fully saturated rings. The molecule has 1 aliphatic rings. The number of aromatic nitrogens is 3. The molecule has 186 valence electrons. The summed E-state index contributed by atoms with van der Waals surface area (Å²) in [7, 11) is 1.58. The van der Waals surface area contributed by atoms with Gasteiger partial charge >= 0.3 is 18.3 Å². The molecule has 0 bridgehead atoms. The van der Waals surface area contributed by atoms with Gasteiger partial charge in [-0.15, -0.1) is 0 Å². The van der Waals surface area contributed by atoms with Gasteiger partial charge in [0.15, 0.2) is 5.65 Å². The predicted octanol–water partition coefficient (Wildman–Crippen LogP) is 4.02. The summed E-state index contributed by atoms with van der Waals surface area (Å²) < 4.78 is 84.1. The Morgan fingerprint density at radius 1 is 1.11 bits per heavy atom. The number of fused-ring (bicyclic) bond motifs is 1. The second-order valence-electron chi connectivity index (χ2n) is 7.71. The van der Waals surface area contributed by atoms with Crippen molar-refractivity contribution in [3.05, 3.63) is 35.9 Å². The van der Waals surface area contributed by atoms with Crippen LogP contribution in [0.25, 0.3) is 22.3 Å². The highest BCUT2D eigenvalue weighted by molar-refractivity contribution is 5.91. The number of hydrogen-bond acceptors (Lipinski definition) is 8. The number of hydrogen-bond donors (Lipinski definition) is 2. The van der Waals surface area contributed by atoms with E-state index in [9.17, 15) is 31.1 Å². The molecule has 0 saturated carbocycles. The van der Waals surface area contributed by atoms with Crippen molar-refractivity contribution in [1.82, 2.24) is 15.0 Å². The van der Waals surface area contributed by atoms with Gasteiger partial charge in [-0.1, -0.05) is 6.07 Å². The first-order valence-corrected chi connectivity index (χ1v) is 10.2. The largest absolute Gasteiger partial charge is 0.490 e. The van der Waals surface area contributed by atoms with E-state index >= 15 is 0 Å². The highest BCUT2D eigenvalue weighted by atomic mass is 19.4. The molecule has 0 spiro atoms. The van der Waals surface area contributed by atoms with Gasteiger partial charge in [0.1, 0.15) is 11.9 Å². The summed E-state index contributed by atoms with van der Waals surface area (Å²) in [6.45, 7) is -0.153. The molecule has 4 rings (SSSR count). The van der Waals surface area contributed by atoms with Gasteiger partial charge in [0.25, 0.3) is 0 Å². The molecule has 1 saturated heterocycles. The highest BCUT2D eigenvalue weighted by Gasteiger charge is 2.43. The number of carbonyl (C=O) groups excluding carboxylic acids is 1. The summed E-state index contributed by atoms with van der Waals surface area (Å²) >= 11 is 0. The third kappa shape index (κ3) is 4.86. The minimum absolute atomic E-state index is 0.0118. The third-order valence-corrected chi connectivity index (χ3v) is 5.41. The number of nitrogens with one attached hydrogen (secondary N) is 1. The van der Waals surface area contributed by atoms with E-state index in [2.05, 4.69) is 25.0 Å². The lowest BCUT2D eigenvalue weighted by atomic mass is 10.00. The van der Waals surface area contributed by atoms with Gasteiger partial charge in [0.2, 0.25) is 5.95 Å². The standard InChI is InChI=1S/C21H18F6N6O2/c1-29-16-11-5-6-13(30-17(11)32-19(28)31-16)15-12(20(22,23)24)3-2-4-14(15)33-8-7-10(9-33)35-18(34)21(25,26)27/h2-6,10H,7-9H2,1H3,(H3,28,29,30,31,32). The van der Waals surface area contributed by atoms with Crippen molar-refractivity contribution in [3.63, 3.8) is 0 Å². The summed E-state index contributed by atoms with van der Waals surface area (Å²) in [5, 5.41) is 3.24. The fraction of sp³-hybridized carbons (Fsp3) is 0.333. The Hall–Kier alpha value is -3.84. The van der Waals surface area contributed by atoms with Crippen LogP contribution in [0.1, 0.15) is 12.0 Å².